The van der Waals surface area contributed by atoms with Gasteiger partial charge in [-0.2, -0.15) is 0 Å². The summed E-state index contributed by atoms with van der Waals surface area (Å²) in [4.78, 5) is 30.8. The fourth-order valence-electron chi connectivity index (χ4n) is 2.11. The van der Waals surface area contributed by atoms with Crippen molar-refractivity contribution in [2.45, 2.75) is 20.3 Å². The zero-order chi connectivity index (χ0) is 20.0. The lowest BCUT2D eigenvalue weighted by Crippen LogP contribution is -2.30. The minimum absolute atomic E-state index is 0.0666. The molecule has 1 aromatic heterocycles. The summed E-state index contributed by atoms with van der Waals surface area (Å²) in [5.74, 6) is -0.254. The van der Waals surface area contributed by atoms with Gasteiger partial charge in [-0.15, -0.1) is 0 Å². The van der Waals surface area contributed by atoms with Gasteiger partial charge in [-0.25, -0.2) is 9.97 Å². The molecule has 27 heavy (non-hydrogen) atoms. The Labute approximate surface area is 165 Å². The number of hydrogen-bond donors (Lipinski definition) is 3. The van der Waals surface area contributed by atoms with Crippen LogP contribution in [0, 0.1) is 16.0 Å². The monoisotopic (exact) mass is 412 g/mol. The van der Waals surface area contributed by atoms with Crippen molar-refractivity contribution in [3.05, 3.63) is 50.2 Å². The third-order valence-electron chi connectivity index (χ3n) is 3.49. The van der Waals surface area contributed by atoms with E-state index < -0.39 is 10.8 Å². The normalized spacial score (nSPS) is 10.6. The van der Waals surface area contributed by atoms with Gasteiger partial charge in [0.15, 0.2) is 0 Å². The predicted molar refractivity (Wildman–Crippen MR) is 104 cm³/mol. The quantitative estimate of drug-likeness (QED) is 0.443. The van der Waals surface area contributed by atoms with E-state index in [-0.39, 0.29) is 27.9 Å². The summed E-state index contributed by atoms with van der Waals surface area (Å²) in [5.41, 5.74) is 4.57. The highest BCUT2D eigenvalue weighted by Gasteiger charge is 2.23. The lowest BCUT2D eigenvalue weighted by molar-refractivity contribution is -0.383. The van der Waals surface area contributed by atoms with Crippen LogP contribution in [-0.2, 0) is 0 Å². The smallest absolute Gasteiger partial charge is 0.354 e. The SMILES string of the molecule is CC(C)CCNc1ncnc(NNC(=O)c2ccc(Cl)cc2Cl)c1[N+](=O)[O-]. The number of nitrogens with zero attached hydrogens (tertiary/aromatic N) is 3. The van der Waals surface area contributed by atoms with Crippen molar-refractivity contribution in [3.8, 4) is 0 Å². The topological polar surface area (TPSA) is 122 Å². The molecule has 0 aliphatic carbocycles. The Balaban J connectivity index is 2.15. The van der Waals surface area contributed by atoms with Gasteiger partial charge in [0, 0.05) is 11.6 Å². The van der Waals surface area contributed by atoms with E-state index in [9.17, 15) is 14.9 Å². The van der Waals surface area contributed by atoms with Crippen molar-refractivity contribution in [1.29, 1.82) is 0 Å². The Morgan fingerprint density at radius 2 is 1.96 bits per heavy atom. The molecule has 0 radical (unpaired) electrons. The molecule has 2 rings (SSSR count). The van der Waals surface area contributed by atoms with Crippen LogP contribution in [0.1, 0.15) is 30.6 Å². The fourth-order valence-corrected chi connectivity index (χ4v) is 2.60. The molecule has 3 N–H and O–H groups in total. The van der Waals surface area contributed by atoms with Gasteiger partial charge in [0.05, 0.1) is 15.5 Å². The molecule has 0 fully saturated rings. The van der Waals surface area contributed by atoms with Gasteiger partial charge in [-0.1, -0.05) is 37.0 Å². The number of amides is 1. The number of aromatic nitrogens is 2. The second-order valence-electron chi connectivity index (χ2n) is 5.99. The van der Waals surface area contributed by atoms with Gasteiger partial charge in [0.1, 0.15) is 6.33 Å². The Kier molecular flexibility index (Phi) is 7.14. The van der Waals surface area contributed by atoms with Crippen LogP contribution in [0.2, 0.25) is 10.0 Å². The summed E-state index contributed by atoms with van der Waals surface area (Å²) in [6, 6.07) is 4.36. The maximum atomic E-state index is 12.2. The zero-order valence-electron chi connectivity index (χ0n) is 14.6. The maximum absolute atomic E-state index is 12.2. The number of carbonyl (C=O) groups is 1. The minimum Gasteiger partial charge on any atom is -0.364 e. The first-order valence-electron chi connectivity index (χ1n) is 8.04. The summed E-state index contributed by atoms with van der Waals surface area (Å²) < 4.78 is 0. The molecule has 1 amide bonds. The Hall–Kier alpha value is -2.65. The largest absolute Gasteiger partial charge is 0.364 e. The van der Waals surface area contributed by atoms with E-state index in [4.69, 9.17) is 23.2 Å². The van der Waals surface area contributed by atoms with Crippen molar-refractivity contribution in [2.75, 3.05) is 17.3 Å². The van der Waals surface area contributed by atoms with Crippen LogP contribution in [0.4, 0.5) is 17.3 Å². The number of anilines is 2. The Morgan fingerprint density at radius 1 is 1.26 bits per heavy atom. The fraction of sp³-hybridized carbons (Fsp3) is 0.312. The zero-order valence-corrected chi connectivity index (χ0v) is 16.1. The average Bonchev–Trinajstić information content (AvgIpc) is 2.59. The second kappa shape index (κ2) is 9.33. The Morgan fingerprint density at radius 3 is 2.59 bits per heavy atom. The highest BCUT2D eigenvalue weighted by molar-refractivity contribution is 6.36. The van der Waals surface area contributed by atoms with Gasteiger partial charge >= 0.3 is 5.69 Å². The molecule has 0 atom stereocenters. The molecule has 0 unspecified atom stereocenters. The molecule has 0 saturated carbocycles. The van der Waals surface area contributed by atoms with Gasteiger partial charge in [-0.3, -0.25) is 25.8 Å². The van der Waals surface area contributed by atoms with Crippen molar-refractivity contribution in [1.82, 2.24) is 15.4 Å². The third kappa shape index (κ3) is 5.66. The summed E-state index contributed by atoms with van der Waals surface area (Å²) >= 11 is 11.8. The van der Waals surface area contributed by atoms with Crippen LogP contribution in [0.5, 0.6) is 0 Å². The van der Waals surface area contributed by atoms with E-state index in [0.29, 0.717) is 17.5 Å². The highest BCUT2D eigenvalue weighted by Crippen LogP contribution is 2.28. The van der Waals surface area contributed by atoms with Gasteiger partial charge in [0.25, 0.3) is 5.91 Å². The second-order valence-corrected chi connectivity index (χ2v) is 6.83. The first-order chi connectivity index (χ1) is 12.8. The van der Waals surface area contributed by atoms with Crippen LogP contribution in [0.25, 0.3) is 0 Å². The molecule has 0 saturated heterocycles. The van der Waals surface area contributed by atoms with Crippen LogP contribution in [-0.4, -0.2) is 27.3 Å². The summed E-state index contributed by atoms with van der Waals surface area (Å²) in [7, 11) is 0. The van der Waals surface area contributed by atoms with E-state index in [1.807, 2.05) is 13.8 Å². The Bertz CT molecular complexity index is 847. The number of nitrogens with one attached hydrogen (secondary N) is 3. The lowest BCUT2D eigenvalue weighted by Gasteiger charge is -2.12. The van der Waals surface area contributed by atoms with E-state index in [2.05, 4.69) is 26.1 Å². The molecule has 0 bridgehead atoms. The summed E-state index contributed by atoms with van der Waals surface area (Å²) in [6.07, 6.45) is 1.98. The third-order valence-corrected chi connectivity index (χ3v) is 4.04. The number of benzene rings is 1. The first kappa shape index (κ1) is 20.7. The lowest BCUT2D eigenvalue weighted by atomic mass is 10.1. The molecule has 144 valence electrons. The molecule has 1 aromatic carbocycles. The highest BCUT2D eigenvalue weighted by atomic mass is 35.5. The van der Waals surface area contributed by atoms with E-state index in [1.165, 1.54) is 18.2 Å². The standard InChI is InChI=1S/C16H18Cl2N6O3/c1-9(2)5-6-19-14-13(24(26)27)15(21-8-20-14)22-23-16(25)11-4-3-10(17)7-12(11)18/h3-4,7-9H,5-6H2,1-2H3,(H,23,25)(H2,19,20,21,22). The van der Waals surface area contributed by atoms with Gasteiger partial charge in [-0.05, 0) is 30.5 Å². The molecule has 9 nitrogen and oxygen atoms in total. The van der Waals surface area contributed by atoms with Crippen molar-refractivity contribution in [3.63, 3.8) is 0 Å². The molecule has 1 heterocycles. The van der Waals surface area contributed by atoms with E-state index >= 15 is 0 Å². The maximum Gasteiger partial charge on any atom is 0.354 e. The average molecular weight is 413 g/mol. The number of rotatable bonds is 8. The molecular formula is C16H18Cl2N6O3. The molecule has 0 spiro atoms. The number of carbonyl (C=O) groups excluding carboxylic acids is 1. The first-order valence-corrected chi connectivity index (χ1v) is 8.79. The molecule has 11 heteroatoms. The van der Waals surface area contributed by atoms with Crippen LogP contribution >= 0.6 is 23.2 Å². The summed E-state index contributed by atoms with van der Waals surface area (Å²) in [5, 5.41) is 14.9. The molecule has 0 aliphatic heterocycles. The minimum atomic E-state index is -0.624. The predicted octanol–water partition coefficient (Wildman–Crippen LogP) is 3.91. The van der Waals surface area contributed by atoms with Crippen molar-refractivity contribution < 1.29 is 9.72 Å². The van der Waals surface area contributed by atoms with Crippen LogP contribution in [0.15, 0.2) is 24.5 Å². The number of nitro groups is 1. The molecular weight excluding hydrogens is 395 g/mol. The van der Waals surface area contributed by atoms with Crippen molar-refractivity contribution in [2.24, 2.45) is 5.92 Å². The van der Waals surface area contributed by atoms with Crippen LogP contribution < -0.4 is 16.2 Å². The molecule has 2 aromatic rings. The van der Waals surface area contributed by atoms with Crippen molar-refractivity contribution >= 4 is 46.4 Å². The van der Waals surface area contributed by atoms with Gasteiger partial charge in [0.2, 0.25) is 11.6 Å². The number of hydrazine groups is 1. The number of halogens is 2. The van der Waals surface area contributed by atoms with Crippen LogP contribution in [0.3, 0.4) is 0 Å². The van der Waals surface area contributed by atoms with E-state index in [1.54, 1.807) is 0 Å². The summed E-state index contributed by atoms with van der Waals surface area (Å²) in [6.45, 7) is 4.60. The molecule has 0 aliphatic rings. The van der Waals surface area contributed by atoms with E-state index in [0.717, 1.165) is 12.7 Å². The number of hydrogen-bond acceptors (Lipinski definition) is 7. The van der Waals surface area contributed by atoms with Gasteiger partial charge < -0.3 is 5.32 Å².